The summed E-state index contributed by atoms with van der Waals surface area (Å²) < 4.78 is 5.02. The Labute approximate surface area is 116 Å². The highest BCUT2D eigenvalue weighted by molar-refractivity contribution is 5.44. The molecule has 0 saturated heterocycles. The molecule has 0 spiro atoms. The van der Waals surface area contributed by atoms with E-state index in [1.54, 1.807) is 7.11 Å². The van der Waals surface area contributed by atoms with Crippen molar-refractivity contribution in [3.05, 3.63) is 11.8 Å². The first-order chi connectivity index (χ1) is 9.21. The molecule has 0 unspecified atom stereocenters. The average molecular weight is 266 g/mol. The van der Waals surface area contributed by atoms with Crippen LogP contribution < -0.4 is 10.2 Å². The number of nitrogens with one attached hydrogen (secondary N) is 1. The molecule has 1 aromatic rings. The minimum absolute atomic E-state index is 0.653. The van der Waals surface area contributed by atoms with Crippen LogP contribution in [-0.2, 0) is 4.74 Å². The van der Waals surface area contributed by atoms with Gasteiger partial charge >= 0.3 is 0 Å². The Morgan fingerprint density at radius 1 is 1.21 bits per heavy atom. The Morgan fingerprint density at radius 2 is 1.89 bits per heavy atom. The summed E-state index contributed by atoms with van der Waals surface area (Å²) >= 11 is 0. The summed E-state index contributed by atoms with van der Waals surface area (Å²) in [5, 5.41) is 3.19. The van der Waals surface area contributed by atoms with Crippen molar-refractivity contribution in [3.8, 4) is 0 Å². The third kappa shape index (κ3) is 5.42. The van der Waals surface area contributed by atoms with Crippen molar-refractivity contribution in [1.82, 2.24) is 9.97 Å². The maximum Gasteiger partial charge on any atom is 0.224 e. The second kappa shape index (κ2) is 8.69. The van der Waals surface area contributed by atoms with Crippen LogP contribution in [-0.4, -0.2) is 43.3 Å². The zero-order valence-electron chi connectivity index (χ0n) is 12.6. The summed E-state index contributed by atoms with van der Waals surface area (Å²) in [6.45, 7) is 9.82. The number of rotatable bonds is 9. The normalized spacial score (nSPS) is 10.5. The van der Waals surface area contributed by atoms with Gasteiger partial charge in [0.1, 0.15) is 5.82 Å². The molecule has 0 aromatic carbocycles. The molecule has 0 atom stereocenters. The maximum atomic E-state index is 5.02. The summed E-state index contributed by atoms with van der Waals surface area (Å²) in [4.78, 5) is 11.3. The molecule has 1 heterocycles. The van der Waals surface area contributed by atoms with E-state index in [0.29, 0.717) is 12.6 Å². The Morgan fingerprint density at radius 3 is 2.47 bits per heavy atom. The largest absolute Gasteiger partial charge is 0.383 e. The van der Waals surface area contributed by atoms with Crippen LogP contribution in [0.25, 0.3) is 0 Å². The molecule has 0 aliphatic heterocycles. The minimum atomic E-state index is 0.653. The average Bonchev–Trinajstić information content (AvgIpc) is 2.38. The Balaban J connectivity index is 2.80. The van der Waals surface area contributed by atoms with Gasteiger partial charge < -0.3 is 15.0 Å². The monoisotopic (exact) mass is 266 g/mol. The van der Waals surface area contributed by atoms with Gasteiger partial charge in [-0.25, -0.2) is 4.98 Å². The molecule has 108 valence electrons. The lowest BCUT2D eigenvalue weighted by molar-refractivity contribution is 0.210. The fraction of sp³-hybridized carbons (Fsp3) is 0.714. The first-order valence-electron chi connectivity index (χ1n) is 7.04. The van der Waals surface area contributed by atoms with E-state index in [1.165, 1.54) is 0 Å². The highest BCUT2D eigenvalue weighted by Crippen LogP contribution is 2.15. The lowest BCUT2D eigenvalue weighted by atomic mass is 10.3. The first kappa shape index (κ1) is 15.7. The second-order valence-corrected chi connectivity index (χ2v) is 4.60. The van der Waals surface area contributed by atoms with E-state index in [9.17, 15) is 0 Å². The quantitative estimate of drug-likeness (QED) is 0.696. The SMILES string of the molecule is CCCN(CCC)c1cc(C)nc(NCCOC)n1. The van der Waals surface area contributed by atoms with Gasteiger partial charge in [0, 0.05) is 38.5 Å². The molecule has 1 rings (SSSR count). The van der Waals surface area contributed by atoms with E-state index in [1.807, 2.05) is 13.0 Å². The third-order valence-electron chi connectivity index (χ3n) is 2.74. The molecule has 0 amide bonds. The summed E-state index contributed by atoms with van der Waals surface area (Å²) in [6.07, 6.45) is 2.24. The van der Waals surface area contributed by atoms with Crippen molar-refractivity contribution in [2.45, 2.75) is 33.6 Å². The van der Waals surface area contributed by atoms with Crippen LogP contribution in [0.1, 0.15) is 32.4 Å². The lowest BCUT2D eigenvalue weighted by Crippen LogP contribution is -2.26. The molecule has 0 aliphatic carbocycles. The highest BCUT2D eigenvalue weighted by Gasteiger charge is 2.09. The van der Waals surface area contributed by atoms with Crippen LogP contribution in [0, 0.1) is 6.92 Å². The molecule has 0 fully saturated rings. The second-order valence-electron chi connectivity index (χ2n) is 4.60. The number of nitrogens with zero attached hydrogens (tertiary/aromatic N) is 3. The molecule has 0 radical (unpaired) electrons. The molecule has 0 bridgehead atoms. The first-order valence-corrected chi connectivity index (χ1v) is 7.04. The topological polar surface area (TPSA) is 50.3 Å². The van der Waals surface area contributed by atoms with Gasteiger partial charge in [-0.05, 0) is 19.8 Å². The number of ether oxygens (including phenoxy) is 1. The third-order valence-corrected chi connectivity index (χ3v) is 2.74. The van der Waals surface area contributed by atoms with Gasteiger partial charge in [0.05, 0.1) is 6.61 Å². The Kier molecular flexibility index (Phi) is 7.18. The van der Waals surface area contributed by atoms with E-state index in [0.717, 1.165) is 44.0 Å². The van der Waals surface area contributed by atoms with Crippen molar-refractivity contribution in [3.63, 3.8) is 0 Å². The number of aryl methyl sites for hydroxylation is 1. The van der Waals surface area contributed by atoms with E-state index in [4.69, 9.17) is 4.74 Å². The van der Waals surface area contributed by atoms with Crippen LogP contribution in [0.3, 0.4) is 0 Å². The van der Waals surface area contributed by atoms with Crippen molar-refractivity contribution in [2.24, 2.45) is 0 Å². The predicted molar refractivity (Wildman–Crippen MR) is 79.9 cm³/mol. The number of hydrogen-bond donors (Lipinski definition) is 1. The summed E-state index contributed by atoms with van der Waals surface area (Å²) in [7, 11) is 1.69. The van der Waals surface area contributed by atoms with E-state index in [2.05, 4.69) is 34.0 Å². The Hall–Kier alpha value is -1.36. The number of aromatic nitrogens is 2. The van der Waals surface area contributed by atoms with Gasteiger partial charge in [-0.3, -0.25) is 0 Å². The zero-order chi connectivity index (χ0) is 14.1. The Bertz CT molecular complexity index is 364. The molecule has 0 aliphatic rings. The molecule has 1 aromatic heterocycles. The van der Waals surface area contributed by atoms with Gasteiger partial charge in [-0.2, -0.15) is 4.98 Å². The smallest absolute Gasteiger partial charge is 0.224 e. The molecule has 1 N–H and O–H groups in total. The van der Waals surface area contributed by atoms with Crippen molar-refractivity contribution >= 4 is 11.8 Å². The number of anilines is 2. The zero-order valence-corrected chi connectivity index (χ0v) is 12.6. The van der Waals surface area contributed by atoms with Crippen LogP contribution in [0.15, 0.2) is 6.07 Å². The van der Waals surface area contributed by atoms with Crippen molar-refractivity contribution < 1.29 is 4.74 Å². The summed E-state index contributed by atoms with van der Waals surface area (Å²) in [6, 6.07) is 2.05. The summed E-state index contributed by atoms with van der Waals surface area (Å²) in [5.41, 5.74) is 0.988. The van der Waals surface area contributed by atoms with E-state index in [-0.39, 0.29) is 0 Å². The van der Waals surface area contributed by atoms with Crippen LogP contribution in [0.5, 0.6) is 0 Å². The number of methoxy groups -OCH3 is 1. The molecule has 19 heavy (non-hydrogen) atoms. The number of hydrogen-bond acceptors (Lipinski definition) is 5. The van der Waals surface area contributed by atoms with Gasteiger partial charge in [0.2, 0.25) is 5.95 Å². The highest BCUT2D eigenvalue weighted by atomic mass is 16.5. The maximum absolute atomic E-state index is 5.02. The molecule has 5 heteroatoms. The minimum Gasteiger partial charge on any atom is -0.383 e. The van der Waals surface area contributed by atoms with Crippen molar-refractivity contribution in [1.29, 1.82) is 0 Å². The van der Waals surface area contributed by atoms with E-state index < -0.39 is 0 Å². The van der Waals surface area contributed by atoms with Gasteiger partial charge in [0.15, 0.2) is 0 Å². The van der Waals surface area contributed by atoms with Gasteiger partial charge in [-0.1, -0.05) is 13.8 Å². The molecule has 0 saturated carbocycles. The fourth-order valence-electron chi connectivity index (χ4n) is 1.94. The van der Waals surface area contributed by atoms with Crippen LogP contribution in [0.4, 0.5) is 11.8 Å². The van der Waals surface area contributed by atoms with Crippen LogP contribution in [0.2, 0.25) is 0 Å². The molecule has 5 nitrogen and oxygen atoms in total. The molecular formula is C14H26N4O. The standard InChI is InChI=1S/C14H26N4O/c1-5-8-18(9-6-2)13-11-12(3)16-14(17-13)15-7-10-19-4/h11H,5-10H2,1-4H3,(H,15,16,17). The fourth-order valence-corrected chi connectivity index (χ4v) is 1.94. The van der Waals surface area contributed by atoms with E-state index >= 15 is 0 Å². The van der Waals surface area contributed by atoms with Gasteiger partial charge in [0.25, 0.3) is 0 Å². The molecular weight excluding hydrogens is 240 g/mol. The van der Waals surface area contributed by atoms with Crippen LogP contribution >= 0.6 is 0 Å². The lowest BCUT2D eigenvalue weighted by Gasteiger charge is -2.23. The predicted octanol–water partition coefficient (Wildman–Crippen LogP) is 2.47. The van der Waals surface area contributed by atoms with Crippen molar-refractivity contribution in [2.75, 3.05) is 43.6 Å². The van der Waals surface area contributed by atoms with Gasteiger partial charge in [-0.15, -0.1) is 0 Å². The summed E-state index contributed by atoms with van der Waals surface area (Å²) in [5.74, 6) is 1.69.